The molecule has 0 aliphatic rings. The Morgan fingerprint density at radius 1 is 0.944 bits per heavy atom. The van der Waals surface area contributed by atoms with E-state index in [0.29, 0.717) is 11.0 Å². The summed E-state index contributed by atoms with van der Waals surface area (Å²) in [6.07, 6.45) is 0. The van der Waals surface area contributed by atoms with Gasteiger partial charge in [-0.15, -0.1) is 0 Å². The van der Waals surface area contributed by atoms with E-state index in [4.69, 9.17) is 0 Å². The fourth-order valence-electron chi connectivity index (χ4n) is 1.49. The van der Waals surface area contributed by atoms with Gasteiger partial charge in [-0.1, -0.05) is 22.0 Å². The van der Waals surface area contributed by atoms with Crippen LogP contribution in [0.1, 0.15) is 5.56 Å². The predicted octanol–water partition coefficient (Wildman–Crippen LogP) is 4.48. The number of hydrogen-bond donors (Lipinski definition) is 1. The number of hydrogen-bond acceptors (Lipinski definition) is 1. The molecule has 0 atom stereocenters. The molecule has 0 heterocycles. The summed E-state index contributed by atoms with van der Waals surface area (Å²) in [5, 5.41) is 2.82. The average molecular weight is 316 g/mol. The van der Waals surface area contributed by atoms with Gasteiger partial charge in [0.15, 0.2) is 0 Å². The number of benzene rings is 2. The summed E-state index contributed by atoms with van der Waals surface area (Å²) in [6, 6.07) is 7.55. The van der Waals surface area contributed by atoms with Crippen molar-refractivity contribution in [3.05, 3.63) is 63.9 Å². The second-order valence-electron chi connectivity index (χ2n) is 3.71. The van der Waals surface area contributed by atoms with Crippen molar-refractivity contribution in [1.82, 2.24) is 0 Å². The fourth-order valence-corrected chi connectivity index (χ4v) is 1.98. The zero-order valence-electron chi connectivity index (χ0n) is 9.18. The van der Waals surface area contributed by atoms with Gasteiger partial charge in [0.1, 0.15) is 17.5 Å². The Morgan fingerprint density at radius 2 is 1.61 bits per heavy atom. The summed E-state index contributed by atoms with van der Waals surface area (Å²) in [6.45, 7) is 0.309. The molecule has 0 fully saturated rings. The lowest BCUT2D eigenvalue weighted by atomic mass is 10.2. The Labute approximate surface area is 111 Å². The van der Waals surface area contributed by atoms with Gasteiger partial charge in [0.05, 0.1) is 5.69 Å². The molecule has 2 aromatic rings. The number of rotatable bonds is 3. The van der Waals surface area contributed by atoms with Crippen LogP contribution < -0.4 is 5.32 Å². The zero-order chi connectivity index (χ0) is 13.1. The maximum Gasteiger partial charge on any atom is 0.149 e. The van der Waals surface area contributed by atoms with Crippen LogP contribution in [-0.2, 0) is 6.54 Å². The van der Waals surface area contributed by atoms with Gasteiger partial charge in [0.25, 0.3) is 0 Å². The van der Waals surface area contributed by atoms with Gasteiger partial charge >= 0.3 is 0 Å². The van der Waals surface area contributed by atoms with Crippen molar-refractivity contribution in [2.75, 3.05) is 5.32 Å². The van der Waals surface area contributed by atoms with Crippen molar-refractivity contribution < 1.29 is 13.2 Å². The largest absolute Gasteiger partial charge is 0.379 e. The Kier molecular flexibility index (Phi) is 3.91. The monoisotopic (exact) mass is 315 g/mol. The van der Waals surface area contributed by atoms with Crippen LogP contribution in [0, 0.1) is 17.5 Å². The van der Waals surface area contributed by atoms with E-state index in [0.717, 1.165) is 11.6 Å². The highest BCUT2D eigenvalue weighted by Crippen LogP contribution is 2.21. The number of nitrogens with one attached hydrogen (secondary N) is 1. The van der Waals surface area contributed by atoms with Gasteiger partial charge in [-0.3, -0.25) is 0 Å². The normalized spacial score (nSPS) is 10.4. The van der Waals surface area contributed by atoms with E-state index in [1.54, 1.807) is 6.07 Å². The summed E-state index contributed by atoms with van der Waals surface area (Å²) in [5.74, 6) is -1.63. The quantitative estimate of drug-likeness (QED) is 0.880. The van der Waals surface area contributed by atoms with Crippen LogP contribution in [-0.4, -0.2) is 0 Å². The Balaban J connectivity index is 2.11. The first kappa shape index (κ1) is 13.0. The molecule has 94 valence electrons. The minimum absolute atomic E-state index is 0.202. The SMILES string of the molecule is Fc1ccc(NCc2ccc(F)cc2Br)c(F)c1. The Morgan fingerprint density at radius 3 is 2.28 bits per heavy atom. The van der Waals surface area contributed by atoms with Crippen LogP contribution in [0.2, 0.25) is 0 Å². The highest BCUT2D eigenvalue weighted by atomic mass is 79.9. The van der Waals surface area contributed by atoms with Crippen molar-refractivity contribution in [2.24, 2.45) is 0 Å². The molecule has 0 spiro atoms. The van der Waals surface area contributed by atoms with E-state index < -0.39 is 11.6 Å². The van der Waals surface area contributed by atoms with Crippen LogP contribution in [0.25, 0.3) is 0 Å². The van der Waals surface area contributed by atoms with E-state index >= 15 is 0 Å². The predicted molar refractivity (Wildman–Crippen MR) is 67.8 cm³/mol. The van der Waals surface area contributed by atoms with Crippen molar-refractivity contribution >= 4 is 21.6 Å². The molecule has 5 heteroatoms. The summed E-state index contributed by atoms with van der Waals surface area (Å²) in [4.78, 5) is 0. The second-order valence-corrected chi connectivity index (χ2v) is 4.57. The maximum atomic E-state index is 13.3. The maximum absolute atomic E-state index is 13.3. The summed E-state index contributed by atoms with van der Waals surface area (Å²) in [5.41, 5.74) is 0.979. The molecule has 2 aromatic carbocycles. The molecule has 0 bridgehead atoms. The summed E-state index contributed by atoms with van der Waals surface area (Å²) < 4.78 is 39.5. The van der Waals surface area contributed by atoms with Gasteiger partial charge in [-0.25, -0.2) is 13.2 Å². The van der Waals surface area contributed by atoms with Gasteiger partial charge in [-0.05, 0) is 29.8 Å². The average Bonchev–Trinajstić information content (AvgIpc) is 2.30. The zero-order valence-corrected chi connectivity index (χ0v) is 10.8. The molecule has 0 aromatic heterocycles. The Hall–Kier alpha value is -1.49. The van der Waals surface area contributed by atoms with Crippen molar-refractivity contribution in [2.45, 2.75) is 6.54 Å². The summed E-state index contributed by atoms with van der Waals surface area (Å²) >= 11 is 3.22. The molecule has 1 N–H and O–H groups in total. The van der Waals surface area contributed by atoms with E-state index in [1.807, 2.05) is 0 Å². The standard InChI is InChI=1S/C13H9BrF3N/c14-11-5-9(15)2-1-8(11)7-18-13-4-3-10(16)6-12(13)17/h1-6,18H,7H2. The van der Waals surface area contributed by atoms with E-state index in [2.05, 4.69) is 21.2 Å². The minimum Gasteiger partial charge on any atom is -0.379 e. The number of anilines is 1. The third kappa shape index (κ3) is 3.04. The van der Waals surface area contributed by atoms with Crippen LogP contribution in [0.5, 0.6) is 0 Å². The van der Waals surface area contributed by atoms with Gasteiger partial charge in [0, 0.05) is 17.1 Å². The molecular formula is C13H9BrF3N. The van der Waals surface area contributed by atoms with Crippen LogP contribution >= 0.6 is 15.9 Å². The molecule has 0 amide bonds. The first-order chi connectivity index (χ1) is 8.56. The fraction of sp³-hybridized carbons (Fsp3) is 0.0769. The molecule has 0 unspecified atom stereocenters. The lowest BCUT2D eigenvalue weighted by Crippen LogP contribution is -2.02. The molecular weight excluding hydrogens is 307 g/mol. The van der Waals surface area contributed by atoms with Gasteiger partial charge in [0.2, 0.25) is 0 Å². The Bertz CT molecular complexity index is 521. The summed E-state index contributed by atoms with van der Waals surface area (Å²) in [7, 11) is 0. The van der Waals surface area contributed by atoms with Gasteiger partial charge < -0.3 is 5.32 Å². The lowest BCUT2D eigenvalue weighted by molar-refractivity contribution is 0.585. The molecule has 0 aliphatic heterocycles. The van der Waals surface area contributed by atoms with E-state index in [1.165, 1.54) is 24.3 Å². The van der Waals surface area contributed by atoms with E-state index in [9.17, 15) is 13.2 Å². The molecule has 0 aliphatic carbocycles. The van der Waals surface area contributed by atoms with Crippen LogP contribution in [0.15, 0.2) is 40.9 Å². The van der Waals surface area contributed by atoms with E-state index in [-0.39, 0.29) is 11.5 Å². The highest BCUT2D eigenvalue weighted by molar-refractivity contribution is 9.10. The third-order valence-electron chi connectivity index (χ3n) is 2.42. The van der Waals surface area contributed by atoms with Crippen LogP contribution in [0.3, 0.4) is 0 Å². The van der Waals surface area contributed by atoms with Crippen molar-refractivity contribution in [3.8, 4) is 0 Å². The molecule has 0 saturated carbocycles. The first-order valence-electron chi connectivity index (χ1n) is 5.19. The first-order valence-corrected chi connectivity index (χ1v) is 5.98. The topological polar surface area (TPSA) is 12.0 Å². The molecule has 0 radical (unpaired) electrons. The third-order valence-corrected chi connectivity index (χ3v) is 3.15. The lowest BCUT2D eigenvalue weighted by Gasteiger charge is -2.09. The highest BCUT2D eigenvalue weighted by Gasteiger charge is 2.05. The molecule has 1 nitrogen and oxygen atoms in total. The number of halogens is 4. The van der Waals surface area contributed by atoms with Crippen LogP contribution in [0.4, 0.5) is 18.9 Å². The van der Waals surface area contributed by atoms with Crippen molar-refractivity contribution in [3.63, 3.8) is 0 Å². The minimum atomic E-state index is -0.659. The smallest absolute Gasteiger partial charge is 0.149 e. The molecule has 2 rings (SSSR count). The van der Waals surface area contributed by atoms with Crippen molar-refractivity contribution in [1.29, 1.82) is 0 Å². The van der Waals surface area contributed by atoms with Gasteiger partial charge in [-0.2, -0.15) is 0 Å². The molecule has 0 saturated heterocycles. The second kappa shape index (κ2) is 5.44. The molecule has 18 heavy (non-hydrogen) atoms.